The number of rotatable bonds is 8. The summed E-state index contributed by atoms with van der Waals surface area (Å²) in [6.07, 6.45) is -1.25. The van der Waals surface area contributed by atoms with Gasteiger partial charge in [-0.1, -0.05) is 17.7 Å². The number of ether oxygens (including phenoxy) is 1. The molecule has 1 aliphatic rings. The zero-order chi connectivity index (χ0) is 23.3. The van der Waals surface area contributed by atoms with Gasteiger partial charge >= 0.3 is 5.97 Å². The van der Waals surface area contributed by atoms with Crippen molar-refractivity contribution in [2.24, 2.45) is 5.92 Å². The third kappa shape index (κ3) is 5.70. The van der Waals surface area contributed by atoms with Crippen LogP contribution in [0.3, 0.4) is 0 Å². The Kier molecular flexibility index (Phi) is 7.58. The van der Waals surface area contributed by atoms with Gasteiger partial charge in [0.2, 0.25) is 11.7 Å². The zero-order valence-corrected chi connectivity index (χ0v) is 18.1. The monoisotopic (exact) mass is 460 g/mol. The number of nitrogens with one attached hydrogen (secondary N) is 1. The highest BCUT2D eigenvalue weighted by molar-refractivity contribution is 6.18. The number of carbonyl (C=O) groups is 4. The second-order valence-corrected chi connectivity index (χ2v) is 7.86. The zero-order valence-electron chi connectivity index (χ0n) is 17.3. The normalized spacial score (nSPS) is 16.5. The smallest absolute Gasteiger partial charge is 0.312 e. The van der Waals surface area contributed by atoms with Crippen LogP contribution in [0.15, 0.2) is 48.5 Å². The number of aryl methyl sites for hydroxylation is 1. The number of ketones is 1. The van der Waals surface area contributed by atoms with Crippen LogP contribution in [0.2, 0.25) is 0 Å². The Bertz CT molecular complexity index is 1010. The summed E-state index contributed by atoms with van der Waals surface area (Å²) in [5.74, 6) is -3.44. The average molecular weight is 461 g/mol. The van der Waals surface area contributed by atoms with E-state index in [0.29, 0.717) is 5.56 Å². The Morgan fingerprint density at radius 2 is 1.75 bits per heavy atom. The molecule has 2 atom stereocenters. The molecule has 2 amide bonds. The molecule has 168 valence electrons. The molecule has 32 heavy (non-hydrogen) atoms. The first-order valence-corrected chi connectivity index (χ1v) is 10.6. The first-order chi connectivity index (χ1) is 15.3. The van der Waals surface area contributed by atoms with Crippen LogP contribution in [0.25, 0.3) is 0 Å². The van der Waals surface area contributed by atoms with Gasteiger partial charge < -0.3 is 4.74 Å². The summed E-state index contributed by atoms with van der Waals surface area (Å²) in [7, 11) is 0. The maximum Gasteiger partial charge on any atom is 0.312 e. The number of hydrazine groups is 1. The molecule has 1 saturated heterocycles. The molecule has 0 saturated carbocycles. The molecule has 2 aromatic rings. The third-order valence-electron chi connectivity index (χ3n) is 5.06. The van der Waals surface area contributed by atoms with E-state index in [1.165, 1.54) is 12.1 Å². The molecule has 1 fully saturated rings. The molecule has 0 unspecified atom stereocenters. The van der Waals surface area contributed by atoms with Gasteiger partial charge in [-0.15, -0.1) is 11.6 Å². The summed E-state index contributed by atoms with van der Waals surface area (Å²) in [5.41, 5.74) is 4.04. The summed E-state index contributed by atoms with van der Waals surface area (Å²) in [4.78, 5) is 49.9. The number of esters is 1. The van der Waals surface area contributed by atoms with Gasteiger partial charge in [0, 0.05) is 29.8 Å². The first kappa shape index (κ1) is 23.4. The molecule has 0 aliphatic carbocycles. The lowest BCUT2D eigenvalue weighted by molar-refractivity contribution is -0.151. The van der Waals surface area contributed by atoms with Crippen LogP contribution in [0, 0.1) is 18.7 Å². The van der Waals surface area contributed by atoms with Gasteiger partial charge in [0.15, 0.2) is 6.10 Å². The van der Waals surface area contributed by atoms with Crippen molar-refractivity contribution in [1.82, 2.24) is 10.4 Å². The summed E-state index contributed by atoms with van der Waals surface area (Å²) in [5, 5.41) is 1.08. The SMILES string of the molecule is Cc1ccc(C(=O)NN2C[C@H](C(=O)O[C@H](CCCl)C(=O)c3ccc(F)cc3)CC2=O)cc1. The van der Waals surface area contributed by atoms with Gasteiger partial charge in [0.05, 0.1) is 12.5 Å². The fraction of sp³-hybridized carbons (Fsp3) is 0.304. The lowest BCUT2D eigenvalue weighted by atomic mass is 10.0. The fourth-order valence-electron chi connectivity index (χ4n) is 3.24. The van der Waals surface area contributed by atoms with Crippen molar-refractivity contribution in [1.29, 1.82) is 0 Å². The largest absolute Gasteiger partial charge is 0.454 e. The number of alkyl halides is 1. The number of amides is 2. The topological polar surface area (TPSA) is 92.8 Å². The predicted octanol–water partition coefficient (Wildman–Crippen LogP) is 3.05. The summed E-state index contributed by atoms with van der Waals surface area (Å²) in [6, 6.07) is 11.7. The van der Waals surface area contributed by atoms with Crippen LogP contribution < -0.4 is 5.43 Å². The average Bonchev–Trinajstić information content (AvgIpc) is 3.14. The number of hydrogen-bond acceptors (Lipinski definition) is 5. The number of benzene rings is 2. The van der Waals surface area contributed by atoms with E-state index >= 15 is 0 Å². The molecular formula is C23H22ClFN2O5. The van der Waals surface area contributed by atoms with Crippen molar-refractivity contribution in [3.05, 3.63) is 71.0 Å². The van der Waals surface area contributed by atoms with E-state index in [1.54, 1.807) is 24.3 Å². The molecule has 9 heteroatoms. The molecule has 0 aromatic heterocycles. The van der Waals surface area contributed by atoms with Gasteiger partial charge in [-0.3, -0.25) is 29.6 Å². The van der Waals surface area contributed by atoms with Crippen molar-refractivity contribution < 1.29 is 28.3 Å². The van der Waals surface area contributed by atoms with Gasteiger partial charge in [0.1, 0.15) is 5.82 Å². The number of Topliss-reactive ketones (excluding diaryl/α,β-unsaturated/α-hetero) is 1. The Balaban J connectivity index is 1.61. The van der Waals surface area contributed by atoms with Crippen molar-refractivity contribution in [3.63, 3.8) is 0 Å². The van der Waals surface area contributed by atoms with Crippen LogP contribution in [0.5, 0.6) is 0 Å². The molecule has 1 aliphatic heterocycles. The van der Waals surface area contributed by atoms with Crippen molar-refractivity contribution in [2.45, 2.75) is 25.9 Å². The van der Waals surface area contributed by atoms with E-state index in [9.17, 15) is 23.6 Å². The Hall–Kier alpha value is -3.26. The molecule has 2 aromatic carbocycles. The molecule has 1 heterocycles. The van der Waals surface area contributed by atoms with Crippen LogP contribution >= 0.6 is 11.6 Å². The Morgan fingerprint density at radius 1 is 1.12 bits per heavy atom. The molecule has 0 spiro atoms. The lowest BCUT2D eigenvalue weighted by Crippen LogP contribution is -2.43. The third-order valence-corrected chi connectivity index (χ3v) is 5.28. The predicted molar refractivity (Wildman–Crippen MR) is 114 cm³/mol. The standard InChI is InChI=1S/C23H22ClFN2O5/c1-14-2-4-16(5-3-14)22(30)26-27-13-17(12-20(27)28)23(31)32-19(10-11-24)21(29)15-6-8-18(25)9-7-15/h2-9,17,19H,10-13H2,1H3,(H,26,30)/t17-,19-/m1/s1. The van der Waals surface area contributed by atoms with E-state index in [2.05, 4.69) is 5.43 Å². The highest BCUT2D eigenvalue weighted by atomic mass is 35.5. The minimum absolute atomic E-state index is 0.0627. The van der Waals surface area contributed by atoms with Crippen molar-refractivity contribution in [3.8, 4) is 0 Å². The summed E-state index contributed by atoms with van der Waals surface area (Å²) >= 11 is 5.75. The minimum atomic E-state index is -1.16. The molecule has 0 bridgehead atoms. The summed E-state index contributed by atoms with van der Waals surface area (Å²) < 4.78 is 18.5. The number of halogens is 2. The molecule has 3 rings (SSSR count). The van der Waals surface area contributed by atoms with E-state index in [4.69, 9.17) is 16.3 Å². The van der Waals surface area contributed by atoms with E-state index < -0.39 is 41.4 Å². The number of nitrogens with zero attached hydrogens (tertiary/aromatic N) is 1. The van der Waals surface area contributed by atoms with Crippen LogP contribution in [0.1, 0.15) is 39.1 Å². The minimum Gasteiger partial charge on any atom is -0.454 e. The van der Waals surface area contributed by atoms with Gasteiger partial charge in [-0.2, -0.15) is 0 Å². The van der Waals surface area contributed by atoms with Gasteiger partial charge in [-0.05, 0) is 43.3 Å². The van der Waals surface area contributed by atoms with Gasteiger partial charge in [-0.25, -0.2) is 4.39 Å². The van der Waals surface area contributed by atoms with E-state index in [-0.39, 0.29) is 30.8 Å². The van der Waals surface area contributed by atoms with Crippen LogP contribution in [0.4, 0.5) is 4.39 Å². The quantitative estimate of drug-likeness (QED) is 0.371. The number of hydrogen-bond donors (Lipinski definition) is 1. The second-order valence-electron chi connectivity index (χ2n) is 7.49. The maximum absolute atomic E-state index is 13.1. The molecule has 0 radical (unpaired) electrons. The Morgan fingerprint density at radius 3 is 2.38 bits per heavy atom. The van der Waals surface area contributed by atoms with Gasteiger partial charge in [0.25, 0.3) is 5.91 Å². The van der Waals surface area contributed by atoms with E-state index in [1.807, 2.05) is 6.92 Å². The second kappa shape index (κ2) is 10.4. The maximum atomic E-state index is 13.1. The Labute approximate surface area is 189 Å². The van der Waals surface area contributed by atoms with Crippen LogP contribution in [-0.4, -0.2) is 47.1 Å². The van der Waals surface area contributed by atoms with Crippen molar-refractivity contribution >= 4 is 35.2 Å². The lowest BCUT2D eigenvalue weighted by Gasteiger charge is -2.19. The number of carbonyl (C=O) groups excluding carboxylic acids is 4. The molecular weight excluding hydrogens is 439 g/mol. The molecule has 7 nitrogen and oxygen atoms in total. The first-order valence-electron chi connectivity index (χ1n) is 10.0. The molecule has 1 N–H and O–H groups in total. The summed E-state index contributed by atoms with van der Waals surface area (Å²) in [6.45, 7) is 1.81. The van der Waals surface area contributed by atoms with Crippen molar-refractivity contribution in [2.75, 3.05) is 12.4 Å². The van der Waals surface area contributed by atoms with E-state index in [0.717, 1.165) is 22.7 Å². The fourth-order valence-corrected chi connectivity index (χ4v) is 3.44. The highest BCUT2D eigenvalue weighted by Crippen LogP contribution is 2.21. The highest BCUT2D eigenvalue weighted by Gasteiger charge is 2.38. The van der Waals surface area contributed by atoms with Crippen LogP contribution in [-0.2, 0) is 14.3 Å².